The fourth-order valence-corrected chi connectivity index (χ4v) is 0.458. The van der Waals surface area contributed by atoms with Crippen LogP contribution in [0.2, 0.25) is 0 Å². The van der Waals surface area contributed by atoms with Crippen LogP contribution in [0.3, 0.4) is 0 Å². The Morgan fingerprint density at radius 3 is 2.25 bits per heavy atom. The first-order valence-electron chi connectivity index (χ1n) is 2.59. The van der Waals surface area contributed by atoms with Crippen LogP contribution >= 0.6 is 0 Å². The summed E-state index contributed by atoms with van der Waals surface area (Å²) in [6, 6.07) is 0. The van der Waals surface area contributed by atoms with Crippen molar-refractivity contribution >= 4 is 0 Å². The van der Waals surface area contributed by atoms with Crippen LogP contribution in [0, 0.1) is 0 Å². The van der Waals surface area contributed by atoms with E-state index >= 15 is 0 Å². The Balaban J connectivity index is 3.37. The molecule has 0 heterocycles. The van der Waals surface area contributed by atoms with Gasteiger partial charge in [-0.15, -0.1) is 0 Å². The lowest BCUT2D eigenvalue weighted by molar-refractivity contribution is -0.310. The fourth-order valence-electron chi connectivity index (χ4n) is 0.458. The molecule has 0 fully saturated rings. The zero-order valence-corrected chi connectivity index (χ0v) is 5.56. The van der Waals surface area contributed by atoms with Gasteiger partial charge in [0, 0.05) is 6.54 Å². The quantitative estimate of drug-likeness (QED) is 0.419. The molecule has 0 spiro atoms. The number of nitrogens with one attached hydrogen (secondary N) is 1. The molecule has 0 radical (unpaired) electrons. The summed E-state index contributed by atoms with van der Waals surface area (Å²) in [7, 11) is 1.81. The minimum atomic E-state index is -0.464. The molecule has 0 amide bonds. The Bertz CT molecular complexity index is 63.4. The molecule has 0 aromatic heterocycles. The molecule has 0 unspecified atom stereocenters. The van der Waals surface area contributed by atoms with Crippen molar-refractivity contribution in [2.45, 2.75) is 19.4 Å². The normalized spacial score (nSPS) is 12.0. The summed E-state index contributed by atoms with van der Waals surface area (Å²) in [6.07, 6.45) is 0. The van der Waals surface area contributed by atoms with E-state index in [1.165, 1.54) is 0 Å². The van der Waals surface area contributed by atoms with Crippen molar-refractivity contribution in [1.29, 1.82) is 0 Å². The van der Waals surface area contributed by atoms with E-state index in [9.17, 15) is 0 Å². The van der Waals surface area contributed by atoms with E-state index in [4.69, 9.17) is 5.26 Å². The molecule has 3 nitrogen and oxygen atoms in total. The SMILES string of the molecule is CNCC(C)(C)OO. The molecular weight excluding hydrogens is 106 g/mol. The lowest BCUT2D eigenvalue weighted by Crippen LogP contribution is -2.34. The van der Waals surface area contributed by atoms with Crippen molar-refractivity contribution in [2.75, 3.05) is 13.6 Å². The third-order valence-corrected chi connectivity index (χ3v) is 0.850. The van der Waals surface area contributed by atoms with Crippen LogP contribution < -0.4 is 5.32 Å². The third kappa shape index (κ3) is 2.96. The number of rotatable bonds is 3. The van der Waals surface area contributed by atoms with Crippen molar-refractivity contribution < 1.29 is 10.1 Å². The maximum absolute atomic E-state index is 8.19. The molecule has 0 aromatic carbocycles. The van der Waals surface area contributed by atoms with Gasteiger partial charge in [-0.3, -0.25) is 5.26 Å². The van der Waals surface area contributed by atoms with Gasteiger partial charge in [0.1, 0.15) is 5.60 Å². The van der Waals surface area contributed by atoms with Gasteiger partial charge in [-0.25, -0.2) is 4.89 Å². The third-order valence-electron chi connectivity index (χ3n) is 0.850. The van der Waals surface area contributed by atoms with E-state index in [0.717, 1.165) is 0 Å². The van der Waals surface area contributed by atoms with E-state index in [1.807, 2.05) is 0 Å². The van der Waals surface area contributed by atoms with E-state index < -0.39 is 5.60 Å². The monoisotopic (exact) mass is 119 g/mol. The zero-order chi connectivity index (χ0) is 6.62. The highest BCUT2D eigenvalue weighted by Gasteiger charge is 2.15. The first-order chi connectivity index (χ1) is 3.62. The molecule has 0 rings (SSSR count). The Morgan fingerprint density at radius 2 is 2.12 bits per heavy atom. The van der Waals surface area contributed by atoms with Crippen LogP contribution in [0.1, 0.15) is 13.8 Å². The zero-order valence-electron chi connectivity index (χ0n) is 5.56. The van der Waals surface area contributed by atoms with Gasteiger partial charge in [-0.05, 0) is 20.9 Å². The first-order valence-corrected chi connectivity index (χ1v) is 2.59. The predicted molar refractivity (Wildman–Crippen MR) is 31.7 cm³/mol. The van der Waals surface area contributed by atoms with Crippen molar-refractivity contribution in [3.05, 3.63) is 0 Å². The van der Waals surface area contributed by atoms with Gasteiger partial charge in [-0.2, -0.15) is 0 Å². The Hall–Kier alpha value is -0.120. The molecule has 0 aliphatic carbocycles. The smallest absolute Gasteiger partial charge is 0.110 e. The Labute approximate surface area is 49.6 Å². The summed E-state index contributed by atoms with van der Waals surface area (Å²) in [5, 5.41) is 11.1. The number of likely N-dealkylation sites (N-methyl/N-ethyl adjacent to an activating group) is 1. The highest BCUT2D eigenvalue weighted by Crippen LogP contribution is 2.03. The minimum absolute atomic E-state index is 0.464. The Morgan fingerprint density at radius 1 is 1.62 bits per heavy atom. The topological polar surface area (TPSA) is 41.5 Å². The van der Waals surface area contributed by atoms with Crippen LogP contribution in [-0.4, -0.2) is 24.5 Å². The summed E-state index contributed by atoms with van der Waals surface area (Å²) in [4.78, 5) is 4.12. The number of hydrogen-bond donors (Lipinski definition) is 2. The van der Waals surface area contributed by atoms with Crippen LogP contribution in [0.4, 0.5) is 0 Å². The molecular formula is C5H13NO2. The summed E-state index contributed by atoms with van der Waals surface area (Å²) >= 11 is 0. The van der Waals surface area contributed by atoms with Crippen molar-refractivity contribution in [3.8, 4) is 0 Å². The average Bonchev–Trinajstić information content (AvgIpc) is 1.67. The molecule has 0 saturated heterocycles. The average molecular weight is 119 g/mol. The largest absolute Gasteiger partial charge is 0.317 e. The van der Waals surface area contributed by atoms with E-state index in [2.05, 4.69) is 10.2 Å². The molecule has 0 aliphatic heterocycles. The highest BCUT2D eigenvalue weighted by atomic mass is 17.1. The Kier molecular flexibility index (Phi) is 2.97. The summed E-state index contributed by atoms with van der Waals surface area (Å²) in [6.45, 7) is 4.23. The van der Waals surface area contributed by atoms with Crippen molar-refractivity contribution in [3.63, 3.8) is 0 Å². The van der Waals surface area contributed by atoms with Crippen LogP contribution in [0.15, 0.2) is 0 Å². The molecule has 50 valence electrons. The molecule has 0 bridgehead atoms. The summed E-state index contributed by atoms with van der Waals surface area (Å²) < 4.78 is 0. The molecule has 0 aromatic rings. The summed E-state index contributed by atoms with van der Waals surface area (Å²) in [5.41, 5.74) is -0.464. The van der Waals surface area contributed by atoms with Crippen molar-refractivity contribution in [1.82, 2.24) is 5.32 Å². The van der Waals surface area contributed by atoms with E-state index in [1.54, 1.807) is 20.9 Å². The highest BCUT2D eigenvalue weighted by molar-refractivity contribution is 4.67. The van der Waals surface area contributed by atoms with E-state index in [-0.39, 0.29) is 0 Å². The second-order valence-corrected chi connectivity index (χ2v) is 2.38. The van der Waals surface area contributed by atoms with Gasteiger partial charge in [0.2, 0.25) is 0 Å². The number of hydrogen-bond acceptors (Lipinski definition) is 3. The maximum Gasteiger partial charge on any atom is 0.110 e. The van der Waals surface area contributed by atoms with Gasteiger partial charge in [0.05, 0.1) is 0 Å². The predicted octanol–water partition coefficient (Wildman–Crippen LogP) is 0.474. The summed E-state index contributed by atoms with van der Waals surface area (Å²) in [5.74, 6) is 0. The van der Waals surface area contributed by atoms with Gasteiger partial charge in [0.15, 0.2) is 0 Å². The lowest BCUT2D eigenvalue weighted by Gasteiger charge is -2.18. The molecule has 0 saturated carbocycles. The fraction of sp³-hybridized carbons (Fsp3) is 1.00. The maximum atomic E-state index is 8.19. The molecule has 3 heteroatoms. The van der Waals surface area contributed by atoms with Gasteiger partial charge in [0.25, 0.3) is 0 Å². The van der Waals surface area contributed by atoms with Gasteiger partial charge >= 0.3 is 0 Å². The molecule has 2 N–H and O–H groups in total. The van der Waals surface area contributed by atoms with Crippen LogP contribution in [-0.2, 0) is 4.89 Å². The second kappa shape index (κ2) is 3.02. The standard InChI is InChI=1S/C5H13NO2/c1-5(2,8-7)4-6-3/h6-7H,4H2,1-3H3. The lowest BCUT2D eigenvalue weighted by atomic mass is 10.1. The van der Waals surface area contributed by atoms with Gasteiger partial charge < -0.3 is 5.32 Å². The van der Waals surface area contributed by atoms with E-state index in [0.29, 0.717) is 6.54 Å². The first kappa shape index (κ1) is 7.88. The molecule has 0 atom stereocenters. The minimum Gasteiger partial charge on any atom is -0.317 e. The van der Waals surface area contributed by atoms with Gasteiger partial charge in [-0.1, -0.05) is 0 Å². The van der Waals surface area contributed by atoms with Crippen LogP contribution in [0.25, 0.3) is 0 Å². The van der Waals surface area contributed by atoms with Crippen LogP contribution in [0.5, 0.6) is 0 Å². The van der Waals surface area contributed by atoms with Crippen molar-refractivity contribution in [2.24, 2.45) is 0 Å². The molecule has 8 heavy (non-hydrogen) atoms. The second-order valence-electron chi connectivity index (χ2n) is 2.38. The molecule has 0 aliphatic rings.